The molecular formula is C24H22ClN5O4. The third kappa shape index (κ3) is 5.62. The summed E-state index contributed by atoms with van der Waals surface area (Å²) in [7, 11) is 1.48. The zero-order valence-corrected chi connectivity index (χ0v) is 19.1. The molecule has 0 aliphatic heterocycles. The molecule has 174 valence electrons. The molecule has 9 nitrogen and oxygen atoms in total. The number of carboxylic acid groups (broad SMARTS) is 1. The quantitative estimate of drug-likeness (QED) is 0.345. The standard InChI is InChI=1S/C24H22ClN5O4/c1-30(24(31)32)11-12-33-21-7-4-6-19-22(21)23(28-15-27-19)29-16-8-9-20(18(25)13-16)34-14-17-5-2-3-10-26-17/h2-10,13,15H,11-12,14H2,1H3,(H,31,32)(H,27,28,29). The van der Waals surface area contributed by atoms with Crippen molar-refractivity contribution in [2.75, 3.05) is 25.5 Å². The van der Waals surface area contributed by atoms with Crippen molar-refractivity contribution in [2.24, 2.45) is 0 Å². The largest absolute Gasteiger partial charge is 0.491 e. The van der Waals surface area contributed by atoms with E-state index in [1.165, 1.54) is 13.4 Å². The van der Waals surface area contributed by atoms with Gasteiger partial charge in [-0.15, -0.1) is 0 Å². The second-order valence-corrected chi connectivity index (χ2v) is 7.71. The first-order valence-electron chi connectivity index (χ1n) is 10.4. The summed E-state index contributed by atoms with van der Waals surface area (Å²) < 4.78 is 11.6. The minimum absolute atomic E-state index is 0.185. The van der Waals surface area contributed by atoms with Crippen LogP contribution < -0.4 is 14.8 Å². The van der Waals surface area contributed by atoms with E-state index in [2.05, 4.69) is 20.3 Å². The van der Waals surface area contributed by atoms with Crippen LogP contribution in [-0.2, 0) is 6.61 Å². The minimum atomic E-state index is -1.02. The van der Waals surface area contributed by atoms with Gasteiger partial charge in [0, 0.05) is 18.9 Å². The molecule has 0 unspecified atom stereocenters. The number of benzene rings is 2. The zero-order valence-electron chi connectivity index (χ0n) is 18.3. The average Bonchev–Trinajstić information content (AvgIpc) is 2.84. The van der Waals surface area contributed by atoms with E-state index in [0.717, 1.165) is 10.6 Å². The lowest BCUT2D eigenvalue weighted by molar-refractivity contribution is 0.147. The number of nitrogens with one attached hydrogen (secondary N) is 1. The summed E-state index contributed by atoms with van der Waals surface area (Å²) in [5.41, 5.74) is 2.19. The van der Waals surface area contributed by atoms with Crippen molar-refractivity contribution in [1.82, 2.24) is 19.9 Å². The number of nitrogens with zero attached hydrogens (tertiary/aromatic N) is 4. The number of likely N-dealkylation sites (N-methyl/N-ethyl adjacent to an activating group) is 1. The van der Waals surface area contributed by atoms with Crippen LogP contribution in [0.15, 0.2) is 67.1 Å². The highest BCUT2D eigenvalue weighted by atomic mass is 35.5. The molecule has 0 aliphatic rings. The summed E-state index contributed by atoms with van der Waals surface area (Å²) in [6, 6.07) is 16.4. The van der Waals surface area contributed by atoms with Gasteiger partial charge in [0.15, 0.2) is 0 Å². The maximum absolute atomic E-state index is 11.0. The smallest absolute Gasteiger partial charge is 0.407 e. The second-order valence-electron chi connectivity index (χ2n) is 7.31. The summed E-state index contributed by atoms with van der Waals surface area (Å²) in [6.07, 6.45) is 2.15. The van der Waals surface area contributed by atoms with Crippen molar-refractivity contribution in [3.8, 4) is 11.5 Å². The number of hydrogen-bond acceptors (Lipinski definition) is 7. The molecule has 0 bridgehead atoms. The molecule has 0 fully saturated rings. The lowest BCUT2D eigenvalue weighted by atomic mass is 10.2. The molecule has 0 atom stereocenters. The predicted octanol–water partition coefficient (Wildman–Crippen LogP) is 4.99. The fourth-order valence-electron chi connectivity index (χ4n) is 3.15. The van der Waals surface area contributed by atoms with Crippen molar-refractivity contribution >= 4 is 40.1 Å². The van der Waals surface area contributed by atoms with Gasteiger partial charge in [0.25, 0.3) is 0 Å². The minimum Gasteiger partial charge on any atom is -0.491 e. The Morgan fingerprint density at radius 3 is 2.71 bits per heavy atom. The van der Waals surface area contributed by atoms with Gasteiger partial charge >= 0.3 is 6.09 Å². The topological polar surface area (TPSA) is 110 Å². The van der Waals surface area contributed by atoms with Gasteiger partial charge in [-0.05, 0) is 42.5 Å². The number of rotatable bonds is 9. The van der Waals surface area contributed by atoms with Crippen LogP contribution in [0.25, 0.3) is 10.9 Å². The zero-order chi connectivity index (χ0) is 23.9. The van der Waals surface area contributed by atoms with Crippen molar-refractivity contribution in [3.63, 3.8) is 0 Å². The van der Waals surface area contributed by atoms with E-state index in [1.807, 2.05) is 36.4 Å². The van der Waals surface area contributed by atoms with Gasteiger partial charge in [-0.1, -0.05) is 23.7 Å². The predicted molar refractivity (Wildman–Crippen MR) is 129 cm³/mol. The molecule has 0 radical (unpaired) electrons. The lowest BCUT2D eigenvalue weighted by Crippen LogP contribution is -2.29. The van der Waals surface area contributed by atoms with Gasteiger partial charge in [-0.3, -0.25) is 4.98 Å². The van der Waals surface area contributed by atoms with Crippen LogP contribution in [-0.4, -0.2) is 51.3 Å². The first-order valence-corrected chi connectivity index (χ1v) is 10.8. The Morgan fingerprint density at radius 2 is 1.94 bits per heavy atom. The van der Waals surface area contributed by atoms with Crippen molar-refractivity contribution in [3.05, 3.63) is 77.8 Å². The molecule has 0 aliphatic carbocycles. The van der Waals surface area contributed by atoms with Crippen LogP contribution in [0.2, 0.25) is 5.02 Å². The van der Waals surface area contributed by atoms with Gasteiger partial charge in [0.1, 0.15) is 36.9 Å². The van der Waals surface area contributed by atoms with E-state index in [-0.39, 0.29) is 13.2 Å². The molecule has 4 aromatic rings. The number of hydrogen-bond donors (Lipinski definition) is 2. The summed E-state index contributed by atoms with van der Waals surface area (Å²) in [6.45, 7) is 0.712. The molecule has 2 N–H and O–H groups in total. The van der Waals surface area contributed by atoms with Gasteiger partial charge in [0.2, 0.25) is 0 Å². The molecule has 0 saturated carbocycles. The fourth-order valence-corrected chi connectivity index (χ4v) is 3.38. The van der Waals surface area contributed by atoms with Crippen molar-refractivity contribution in [1.29, 1.82) is 0 Å². The number of pyridine rings is 1. The van der Waals surface area contributed by atoms with Crippen LogP contribution in [0.4, 0.5) is 16.3 Å². The first kappa shape index (κ1) is 23.1. The van der Waals surface area contributed by atoms with Crippen molar-refractivity contribution < 1.29 is 19.4 Å². The number of halogens is 1. The Hall–Kier alpha value is -4.11. The van der Waals surface area contributed by atoms with E-state index < -0.39 is 6.09 Å². The number of fused-ring (bicyclic) bond motifs is 1. The van der Waals surface area contributed by atoms with E-state index in [9.17, 15) is 4.79 Å². The molecule has 34 heavy (non-hydrogen) atoms. The second kappa shape index (κ2) is 10.7. The molecule has 2 heterocycles. The van der Waals surface area contributed by atoms with Crippen LogP contribution in [0, 0.1) is 0 Å². The number of ether oxygens (including phenoxy) is 2. The van der Waals surface area contributed by atoms with Gasteiger partial charge in [-0.2, -0.15) is 0 Å². The Bertz CT molecular complexity index is 1280. The molecule has 0 spiro atoms. The molecule has 2 aromatic carbocycles. The van der Waals surface area contributed by atoms with Gasteiger partial charge in [-0.25, -0.2) is 14.8 Å². The van der Waals surface area contributed by atoms with Crippen LogP contribution in [0.1, 0.15) is 5.69 Å². The average molecular weight is 480 g/mol. The maximum Gasteiger partial charge on any atom is 0.407 e. The van der Waals surface area contributed by atoms with E-state index in [1.54, 1.807) is 24.4 Å². The summed E-state index contributed by atoms with van der Waals surface area (Å²) in [5, 5.41) is 13.4. The fraction of sp³-hybridized carbons (Fsp3) is 0.167. The van der Waals surface area contributed by atoms with Crippen molar-refractivity contribution in [2.45, 2.75) is 6.61 Å². The maximum atomic E-state index is 11.0. The van der Waals surface area contributed by atoms with Crippen LogP contribution in [0.3, 0.4) is 0 Å². The summed E-state index contributed by atoms with van der Waals surface area (Å²) in [4.78, 5) is 25.1. The molecule has 2 aromatic heterocycles. The number of amides is 1. The van der Waals surface area contributed by atoms with Crippen LogP contribution in [0.5, 0.6) is 11.5 Å². The molecular weight excluding hydrogens is 458 g/mol. The van der Waals surface area contributed by atoms with E-state index in [0.29, 0.717) is 45.5 Å². The molecule has 1 amide bonds. The molecule has 4 rings (SSSR count). The highest BCUT2D eigenvalue weighted by Crippen LogP contribution is 2.34. The lowest BCUT2D eigenvalue weighted by Gasteiger charge is -2.16. The Balaban J connectivity index is 1.51. The SMILES string of the molecule is CN(CCOc1cccc2ncnc(Nc3ccc(OCc4ccccn4)c(Cl)c3)c12)C(=O)O. The number of aromatic nitrogens is 3. The third-order valence-corrected chi connectivity index (χ3v) is 5.23. The normalized spacial score (nSPS) is 10.6. The van der Waals surface area contributed by atoms with Gasteiger partial charge < -0.3 is 24.8 Å². The van der Waals surface area contributed by atoms with Gasteiger partial charge in [0.05, 0.1) is 28.2 Å². The highest BCUT2D eigenvalue weighted by Gasteiger charge is 2.13. The van der Waals surface area contributed by atoms with E-state index in [4.69, 9.17) is 26.2 Å². The molecule has 0 saturated heterocycles. The summed E-state index contributed by atoms with van der Waals surface area (Å²) >= 11 is 6.44. The molecule has 10 heteroatoms. The Kier molecular flexibility index (Phi) is 7.24. The Labute approximate surface area is 201 Å². The monoisotopic (exact) mass is 479 g/mol. The summed E-state index contributed by atoms with van der Waals surface area (Å²) in [5.74, 6) is 1.61. The van der Waals surface area contributed by atoms with E-state index >= 15 is 0 Å². The number of anilines is 2. The number of carbonyl (C=O) groups is 1. The first-order chi connectivity index (χ1) is 16.5. The van der Waals surface area contributed by atoms with Crippen LogP contribution >= 0.6 is 11.6 Å². The third-order valence-electron chi connectivity index (χ3n) is 4.93. The Morgan fingerprint density at radius 1 is 1.06 bits per heavy atom. The highest BCUT2D eigenvalue weighted by molar-refractivity contribution is 6.32.